The van der Waals surface area contributed by atoms with Gasteiger partial charge in [0.2, 0.25) is 0 Å². The second-order valence-electron chi connectivity index (χ2n) is 5.78. The van der Waals surface area contributed by atoms with Crippen LogP contribution in [0.1, 0.15) is 38.9 Å². The van der Waals surface area contributed by atoms with Crippen molar-refractivity contribution < 1.29 is 14.9 Å². The van der Waals surface area contributed by atoms with Crippen molar-refractivity contribution in [3.63, 3.8) is 0 Å². The average molecular weight is 281 g/mol. The van der Waals surface area contributed by atoms with Crippen LogP contribution in [0.15, 0.2) is 30.3 Å². The SMILES string of the molecule is CC(OCC(O)CNC(C)(C)CCO)c1ccccc1. The maximum absolute atomic E-state index is 9.93. The Bertz CT molecular complexity index is 367. The molecule has 0 saturated carbocycles. The lowest BCUT2D eigenvalue weighted by Crippen LogP contribution is -2.45. The van der Waals surface area contributed by atoms with E-state index in [1.807, 2.05) is 51.1 Å². The first-order valence-corrected chi connectivity index (χ1v) is 7.15. The van der Waals surface area contributed by atoms with Crippen LogP contribution in [-0.4, -0.2) is 41.6 Å². The number of nitrogens with one attached hydrogen (secondary N) is 1. The van der Waals surface area contributed by atoms with Crippen molar-refractivity contribution >= 4 is 0 Å². The maximum atomic E-state index is 9.93. The molecule has 1 rings (SSSR count). The van der Waals surface area contributed by atoms with E-state index in [0.29, 0.717) is 13.0 Å². The van der Waals surface area contributed by atoms with E-state index in [9.17, 15) is 5.11 Å². The molecule has 1 aromatic rings. The van der Waals surface area contributed by atoms with Crippen LogP contribution < -0.4 is 5.32 Å². The van der Waals surface area contributed by atoms with Gasteiger partial charge in [-0.25, -0.2) is 0 Å². The minimum atomic E-state index is -0.556. The van der Waals surface area contributed by atoms with Gasteiger partial charge in [-0.15, -0.1) is 0 Å². The third-order valence-electron chi connectivity index (χ3n) is 3.36. The van der Waals surface area contributed by atoms with Crippen LogP contribution in [-0.2, 0) is 4.74 Å². The first kappa shape index (κ1) is 17.1. The Hall–Kier alpha value is -0.940. The summed E-state index contributed by atoms with van der Waals surface area (Å²) in [6, 6.07) is 9.95. The normalized spacial score (nSPS) is 15.1. The molecule has 0 fully saturated rings. The molecule has 114 valence electrons. The highest BCUT2D eigenvalue weighted by molar-refractivity contribution is 5.16. The van der Waals surface area contributed by atoms with Crippen LogP contribution in [0.3, 0.4) is 0 Å². The van der Waals surface area contributed by atoms with Crippen LogP contribution in [0, 0.1) is 0 Å². The smallest absolute Gasteiger partial charge is 0.0898 e. The zero-order chi connectivity index (χ0) is 15.0. The number of ether oxygens (including phenoxy) is 1. The molecule has 0 spiro atoms. The minimum Gasteiger partial charge on any atom is -0.396 e. The Labute approximate surface area is 121 Å². The van der Waals surface area contributed by atoms with E-state index in [4.69, 9.17) is 9.84 Å². The minimum absolute atomic E-state index is 0.0312. The molecule has 0 bridgehead atoms. The van der Waals surface area contributed by atoms with E-state index in [1.54, 1.807) is 0 Å². The third-order valence-corrected chi connectivity index (χ3v) is 3.36. The average Bonchev–Trinajstić information content (AvgIpc) is 2.43. The fraction of sp³-hybridized carbons (Fsp3) is 0.625. The Morgan fingerprint density at radius 1 is 1.25 bits per heavy atom. The van der Waals surface area contributed by atoms with Gasteiger partial charge in [-0.3, -0.25) is 0 Å². The van der Waals surface area contributed by atoms with Gasteiger partial charge in [0.25, 0.3) is 0 Å². The molecular weight excluding hydrogens is 254 g/mol. The highest BCUT2D eigenvalue weighted by Gasteiger charge is 2.18. The Kier molecular flexibility index (Phi) is 7.16. The van der Waals surface area contributed by atoms with Crippen molar-refractivity contribution in [2.75, 3.05) is 19.8 Å². The summed E-state index contributed by atoms with van der Waals surface area (Å²) in [5.41, 5.74) is 0.925. The lowest BCUT2D eigenvalue weighted by atomic mass is 10.0. The number of hydrogen-bond donors (Lipinski definition) is 3. The molecule has 0 aliphatic rings. The van der Waals surface area contributed by atoms with Gasteiger partial charge in [-0.1, -0.05) is 30.3 Å². The molecule has 0 aliphatic heterocycles. The van der Waals surface area contributed by atoms with Gasteiger partial charge < -0.3 is 20.3 Å². The van der Waals surface area contributed by atoms with Crippen LogP contribution in [0.25, 0.3) is 0 Å². The van der Waals surface area contributed by atoms with Gasteiger partial charge in [0.15, 0.2) is 0 Å². The van der Waals surface area contributed by atoms with Crippen molar-refractivity contribution in [3.05, 3.63) is 35.9 Å². The second-order valence-corrected chi connectivity index (χ2v) is 5.78. The predicted octanol–water partition coefficient (Wildman–Crippen LogP) is 1.88. The highest BCUT2D eigenvalue weighted by Crippen LogP contribution is 2.16. The van der Waals surface area contributed by atoms with Gasteiger partial charge in [0, 0.05) is 18.7 Å². The molecule has 2 atom stereocenters. The molecule has 0 aliphatic carbocycles. The summed E-state index contributed by atoms with van der Waals surface area (Å²) >= 11 is 0. The topological polar surface area (TPSA) is 61.7 Å². The van der Waals surface area contributed by atoms with Gasteiger partial charge >= 0.3 is 0 Å². The van der Waals surface area contributed by atoms with Crippen LogP contribution in [0.5, 0.6) is 0 Å². The first-order chi connectivity index (χ1) is 9.44. The van der Waals surface area contributed by atoms with Gasteiger partial charge in [0.1, 0.15) is 0 Å². The van der Waals surface area contributed by atoms with Gasteiger partial charge in [-0.2, -0.15) is 0 Å². The molecular formula is C16H27NO3. The van der Waals surface area contributed by atoms with E-state index in [1.165, 1.54) is 0 Å². The molecule has 2 unspecified atom stereocenters. The molecule has 1 aromatic carbocycles. The summed E-state index contributed by atoms with van der Waals surface area (Å²) in [5.74, 6) is 0. The van der Waals surface area contributed by atoms with Crippen molar-refractivity contribution in [1.29, 1.82) is 0 Å². The summed E-state index contributed by atoms with van der Waals surface area (Å²) < 4.78 is 5.68. The number of β-amino-alcohol motifs (C(OH)–C–C–N with tert-alkyl or cyclic N) is 1. The number of hydrogen-bond acceptors (Lipinski definition) is 4. The fourth-order valence-electron chi connectivity index (χ4n) is 1.90. The van der Waals surface area contributed by atoms with Crippen LogP contribution >= 0.6 is 0 Å². The molecule has 0 saturated heterocycles. The zero-order valence-electron chi connectivity index (χ0n) is 12.7. The molecule has 0 amide bonds. The van der Waals surface area contributed by atoms with Crippen molar-refractivity contribution in [1.82, 2.24) is 5.32 Å². The van der Waals surface area contributed by atoms with Crippen molar-refractivity contribution in [3.8, 4) is 0 Å². The number of rotatable bonds is 9. The molecule has 20 heavy (non-hydrogen) atoms. The van der Waals surface area contributed by atoms with E-state index in [0.717, 1.165) is 5.56 Å². The summed E-state index contributed by atoms with van der Waals surface area (Å²) in [4.78, 5) is 0. The largest absolute Gasteiger partial charge is 0.396 e. The van der Waals surface area contributed by atoms with E-state index >= 15 is 0 Å². The number of aliphatic hydroxyl groups excluding tert-OH is 2. The zero-order valence-corrected chi connectivity index (χ0v) is 12.7. The number of benzene rings is 1. The molecule has 0 radical (unpaired) electrons. The monoisotopic (exact) mass is 281 g/mol. The number of aliphatic hydroxyl groups is 2. The standard InChI is InChI=1S/C16H27NO3/c1-13(14-7-5-4-6-8-14)20-12-15(19)11-17-16(2,3)9-10-18/h4-8,13,15,17-19H,9-12H2,1-3H3. The summed E-state index contributed by atoms with van der Waals surface area (Å²) in [7, 11) is 0. The van der Waals surface area contributed by atoms with Crippen molar-refractivity contribution in [2.45, 2.75) is 44.9 Å². The van der Waals surface area contributed by atoms with Crippen molar-refractivity contribution in [2.24, 2.45) is 0 Å². The predicted molar refractivity (Wildman–Crippen MR) is 80.6 cm³/mol. The lowest BCUT2D eigenvalue weighted by Gasteiger charge is -2.27. The molecule has 4 heteroatoms. The lowest BCUT2D eigenvalue weighted by molar-refractivity contribution is -0.00460. The Morgan fingerprint density at radius 2 is 1.90 bits per heavy atom. The van der Waals surface area contributed by atoms with Gasteiger partial charge in [-0.05, 0) is 32.8 Å². The summed E-state index contributed by atoms with van der Waals surface area (Å²) in [6.45, 7) is 6.86. The molecule has 3 N–H and O–H groups in total. The van der Waals surface area contributed by atoms with Crippen LogP contribution in [0.4, 0.5) is 0 Å². The molecule has 0 aromatic heterocycles. The Morgan fingerprint density at radius 3 is 2.50 bits per heavy atom. The quantitative estimate of drug-likeness (QED) is 0.647. The third kappa shape index (κ3) is 6.48. The van der Waals surface area contributed by atoms with Crippen LogP contribution in [0.2, 0.25) is 0 Å². The van der Waals surface area contributed by atoms with E-state index in [-0.39, 0.29) is 24.9 Å². The maximum Gasteiger partial charge on any atom is 0.0898 e. The highest BCUT2D eigenvalue weighted by atomic mass is 16.5. The van der Waals surface area contributed by atoms with Gasteiger partial charge in [0.05, 0.1) is 18.8 Å². The molecule has 0 heterocycles. The Balaban J connectivity index is 2.28. The first-order valence-electron chi connectivity index (χ1n) is 7.15. The summed E-state index contributed by atoms with van der Waals surface area (Å²) in [5, 5.41) is 22.1. The second kappa shape index (κ2) is 8.37. The van der Waals surface area contributed by atoms with E-state index < -0.39 is 6.10 Å². The molecule has 4 nitrogen and oxygen atoms in total. The fourth-order valence-corrected chi connectivity index (χ4v) is 1.90. The summed E-state index contributed by atoms with van der Waals surface area (Å²) in [6.07, 6.45) is 0.0662. The van der Waals surface area contributed by atoms with E-state index in [2.05, 4.69) is 5.32 Å².